The molecule has 9 N–H and O–H groups in total. The number of carbonyl (C=O) groups is 11. The molecule has 6 rings (SSSR count). The number of unbranched alkanes of at least 4 members (excludes halogenated alkanes) is 1. The SMILES string of the molecule is CC(C)C[C@@H](C=O)N[C@H]1CN([C@H](C=O)N[C@@H](C)C=O)CCN1C(=O)[C@H](N[C@H](C=O)CC(C)C)N1CCN(C(=O)[C@H](N[C@H](C=O)Cc2c[nH]c3ccccc23)N2CCN(C)[C@@H](N[C@H](C=O)Cc3ccccc3)C2=O)[C@@H](N[C@H](C=O)CCCCN)C1=O. The third-order valence-electron chi connectivity index (χ3n) is 15.8. The number of amides is 4. The summed E-state index contributed by atoms with van der Waals surface area (Å²) in [5, 5.41) is 19.8. The minimum Gasteiger partial charge on any atom is -0.361 e. The zero-order valence-corrected chi connectivity index (χ0v) is 49.8. The van der Waals surface area contributed by atoms with Crippen LogP contribution in [0.3, 0.4) is 0 Å². The first-order valence-corrected chi connectivity index (χ1v) is 29.6. The molecule has 3 aromatic rings. The second-order valence-electron chi connectivity index (χ2n) is 23.2. The third kappa shape index (κ3) is 18.1. The van der Waals surface area contributed by atoms with E-state index in [-0.39, 0.29) is 83.3 Å². The summed E-state index contributed by atoms with van der Waals surface area (Å²) in [6, 6.07) is 11.3. The Hall–Kier alpha value is -6.81. The van der Waals surface area contributed by atoms with Crippen LogP contribution >= 0.6 is 0 Å². The number of benzene rings is 2. The fourth-order valence-electron chi connectivity index (χ4n) is 11.4. The molecule has 0 radical (unpaired) electrons. The van der Waals surface area contributed by atoms with Crippen LogP contribution in [0.15, 0.2) is 60.8 Å². The van der Waals surface area contributed by atoms with E-state index < -0.39 is 96.9 Å². The molecule has 12 atom stereocenters. The number of fused-ring (bicyclic) bond motifs is 1. The molecular weight excluding hydrogens is 1090 g/mol. The number of aromatic nitrogens is 1. The molecule has 25 nitrogen and oxygen atoms in total. The number of aldehydes is 7. The number of nitrogens with zero attached hydrogens (tertiary/aromatic N) is 6. The van der Waals surface area contributed by atoms with Crippen LogP contribution in [-0.2, 0) is 65.6 Å². The Morgan fingerprint density at radius 2 is 1.18 bits per heavy atom. The zero-order chi connectivity index (χ0) is 61.7. The van der Waals surface area contributed by atoms with Crippen LogP contribution < -0.4 is 37.6 Å². The fourth-order valence-corrected chi connectivity index (χ4v) is 11.4. The van der Waals surface area contributed by atoms with Crippen molar-refractivity contribution in [2.45, 2.75) is 153 Å². The van der Waals surface area contributed by atoms with Crippen molar-refractivity contribution in [3.05, 3.63) is 71.9 Å². The molecule has 0 bridgehead atoms. The molecule has 0 unspecified atom stereocenters. The average molecular weight is 1180 g/mol. The van der Waals surface area contributed by atoms with Crippen molar-refractivity contribution < 1.29 is 52.7 Å². The molecule has 4 heterocycles. The lowest BCUT2D eigenvalue weighted by Crippen LogP contribution is -2.75. The molecule has 3 saturated heterocycles. The van der Waals surface area contributed by atoms with Crippen LogP contribution in [0.25, 0.3) is 10.9 Å². The van der Waals surface area contributed by atoms with Gasteiger partial charge in [0.05, 0.1) is 42.4 Å². The van der Waals surface area contributed by atoms with Crippen LogP contribution in [0.5, 0.6) is 0 Å². The predicted octanol–water partition coefficient (Wildman–Crippen LogP) is -1.12. The summed E-state index contributed by atoms with van der Waals surface area (Å²) >= 11 is 0. The summed E-state index contributed by atoms with van der Waals surface area (Å²) in [4.78, 5) is 163. The lowest BCUT2D eigenvalue weighted by atomic mass is 10.0. The van der Waals surface area contributed by atoms with E-state index in [9.17, 15) is 33.6 Å². The van der Waals surface area contributed by atoms with Gasteiger partial charge >= 0.3 is 0 Å². The van der Waals surface area contributed by atoms with E-state index >= 15 is 19.2 Å². The minimum absolute atomic E-state index is 0.0170. The lowest BCUT2D eigenvalue weighted by Gasteiger charge is -2.49. The number of aromatic amines is 1. The van der Waals surface area contributed by atoms with Gasteiger partial charge in [0.25, 0.3) is 23.6 Å². The van der Waals surface area contributed by atoms with E-state index in [1.165, 1.54) is 19.6 Å². The highest BCUT2D eigenvalue weighted by Gasteiger charge is 2.50. The Kier molecular flexibility index (Phi) is 26.3. The maximum atomic E-state index is 16.0. The van der Waals surface area contributed by atoms with E-state index in [0.29, 0.717) is 63.5 Å². The van der Waals surface area contributed by atoms with Gasteiger partial charge in [-0.25, -0.2) is 0 Å². The molecular formula is C60H88N14O11. The summed E-state index contributed by atoms with van der Waals surface area (Å²) in [6.07, 6.45) is 0.538. The number of nitrogens with two attached hydrogens (primary N) is 1. The van der Waals surface area contributed by atoms with Gasteiger partial charge in [0.2, 0.25) is 0 Å². The molecule has 3 aliphatic heterocycles. The lowest BCUT2D eigenvalue weighted by molar-refractivity contribution is -0.168. The second kappa shape index (κ2) is 33.2. The normalized spacial score (nSPS) is 21.4. The van der Waals surface area contributed by atoms with E-state index in [1.54, 1.807) is 30.0 Å². The highest BCUT2D eigenvalue weighted by atomic mass is 16.2. The monoisotopic (exact) mass is 1180 g/mol. The van der Waals surface area contributed by atoms with Gasteiger partial charge in [-0.2, -0.15) is 0 Å². The van der Waals surface area contributed by atoms with Gasteiger partial charge in [-0.15, -0.1) is 0 Å². The van der Waals surface area contributed by atoms with Crippen LogP contribution in [0, 0.1) is 11.8 Å². The Bertz CT molecular complexity index is 2720. The first kappa shape index (κ1) is 67.3. The quantitative estimate of drug-likeness (QED) is 0.0253. The summed E-state index contributed by atoms with van der Waals surface area (Å²) in [5.41, 5.74) is 8.24. The van der Waals surface area contributed by atoms with E-state index in [1.807, 2.05) is 82.3 Å². The molecule has 0 saturated carbocycles. The van der Waals surface area contributed by atoms with Crippen LogP contribution in [0.2, 0.25) is 0 Å². The number of H-pyrrole nitrogens is 1. The largest absolute Gasteiger partial charge is 0.361 e. The Labute approximate surface area is 497 Å². The minimum atomic E-state index is -1.70. The molecule has 464 valence electrons. The number of para-hydroxylation sites is 1. The first-order valence-electron chi connectivity index (χ1n) is 29.6. The van der Waals surface area contributed by atoms with Crippen LogP contribution in [0.4, 0.5) is 0 Å². The molecule has 2 aromatic carbocycles. The van der Waals surface area contributed by atoms with Gasteiger partial charge in [-0.3, -0.25) is 60.9 Å². The molecule has 3 aliphatic rings. The highest BCUT2D eigenvalue weighted by molar-refractivity contribution is 5.96. The molecule has 25 heteroatoms. The molecule has 4 amide bonds. The van der Waals surface area contributed by atoms with Crippen molar-refractivity contribution in [3.63, 3.8) is 0 Å². The smallest absolute Gasteiger partial charge is 0.262 e. The highest BCUT2D eigenvalue weighted by Crippen LogP contribution is 2.25. The topological polar surface area (TPSA) is 321 Å². The van der Waals surface area contributed by atoms with Gasteiger partial charge in [0.15, 0.2) is 24.8 Å². The van der Waals surface area contributed by atoms with Crippen molar-refractivity contribution in [2.24, 2.45) is 17.6 Å². The van der Waals surface area contributed by atoms with Crippen molar-refractivity contribution in [2.75, 3.05) is 59.4 Å². The van der Waals surface area contributed by atoms with Crippen molar-refractivity contribution in [1.82, 2.24) is 66.3 Å². The second-order valence-corrected chi connectivity index (χ2v) is 23.2. The van der Waals surface area contributed by atoms with E-state index in [0.717, 1.165) is 28.3 Å². The molecule has 0 aliphatic carbocycles. The molecule has 0 spiro atoms. The number of nitrogens with one attached hydrogen (secondary N) is 7. The number of rotatable bonds is 36. The summed E-state index contributed by atoms with van der Waals surface area (Å²) in [5.74, 6) is -3.01. The maximum Gasteiger partial charge on any atom is 0.262 e. The van der Waals surface area contributed by atoms with E-state index in [4.69, 9.17) is 5.73 Å². The summed E-state index contributed by atoms with van der Waals surface area (Å²) in [7, 11) is 1.71. The first-order chi connectivity index (χ1) is 40.9. The van der Waals surface area contributed by atoms with Crippen molar-refractivity contribution in [3.8, 4) is 0 Å². The molecule has 85 heavy (non-hydrogen) atoms. The van der Waals surface area contributed by atoms with Crippen molar-refractivity contribution >= 4 is 78.5 Å². The van der Waals surface area contributed by atoms with Gasteiger partial charge in [0, 0.05) is 62.9 Å². The van der Waals surface area contributed by atoms with Crippen LogP contribution in [0.1, 0.15) is 77.8 Å². The zero-order valence-electron chi connectivity index (χ0n) is 49.8. The summed E-state index contributed by atoms with van der Waals surface area (Å²) in [6.45, 7) is 9.09. The van der Waals surface area contributed by atoms with Gasteiger partial charge in [-0.05, 0) is 88.1 Å². The fraction of sp³-hybridized carbons (Fsp3) is 0.583. The molecule has 1 aromatic heterocycles. The number of hydrogen-bond donors (Lipinski definition) is 8. The number of piperazine rings is 3. The molecule has 3 fully saturated rings. The van der Waals surface area contributed by atoms with Gasteiger partial charge in [0.1, 0.15) is 50.0 Å². The van der Waals surface area contributed by atoms with Gasteiger partial charge in [-0.1, -0.05) is 82.6 Å². The van der Waals surface area contributed by atoms with E-state index in [2.05, 4.69) is 36.9 Å². The number of carbonyl (C=O) groups excluding carboxylic acids is 11. The standard InChI is InChI=1S/C60H88N14O11/c1-39(2)26-45(34-77)64-51-31-70(52(38-81)63-41(5)32-75)21-23-71(51)58(83)54(67-46(35-78)27-40(3)4)73-24-25-74(55(59(73)84)65-44(33-76)16-12-13-19-61)60(85)56(68-48(37-80)29-43-30-62-50-18-11-10-17-49(43)50)72-22-20-69(6)53(57(72)82)66-47(36-79)28-42-14-8-7-9-15-42/h7-11,14-15,17-18,30,32-41,44-48,51-56,62-68H,12-13,16,19-29,31,61H2,1-6H3/t41-,44-,45-,46-,47-,48-,51+,52+,53+,54+,55+,56+/m0/s1. The Morgan fingerprint density at radius 3 is 1.80 bits per heavy atom. The number of hydrogen-bond acceptors (Lipinski definition) is 20. The Morgan fingerprint density at radius 1 is 0.600 bits per heavy atom. The average Bonchev–Trinajstić information content (AvgIpc) is 2.90. The number of likely N-dealkylation sites (N-methyl/N-ethyl adjacent to an activating group) is 1. The maximum absolute atomic E-state index is 16.0. The van der Waals surface area contributed by atoms with Gasteiger partial charge < -0.3 is 63.9 Å². The van der Waals surface area contributed by atoms with Crippen LogP contribution in [-0.4, -0.2) is 235 Å². The van der Waals surface area contributed by atoms with Crippen molar-refractivity contribution in [1.29, 1.82) is 0 Å². The summed E-state index contributed by atoms with van der Waals surface area (Å²) < 4.78 is 0. The third-order valence-corrected chi connectivity index (χ3v) is 15.8. The Balaban J connectivity index is 1.43. The predicted molar refractivity (Wildman–Crippen MR) is 317 cm³/mol.